The summed E-state index contributed by atoms with van der Waals surface area (Å²) in [7, 11) is 0. The van der Waals surface area contributed by atoms with Crippen LogP contribution in [0, 0.1) is 0 Å². The smallest absolute Gasteiger partial charge is 0.133 e. The Labute approximate surface area is 144 Å². The number of hydrogen-bond donors (Lipinski definition) is 2. The third-order valence-corrected chi connectivity index (χ3v) is 5.82. The molecular formula is C18H20N2OS2. The van der Waals surface area contributed by atoms with Crippen molar-refractivity contribution in [2.45, 2.75) is 25.9 Å². The van der Waals surface area contributed by atoms with E-state index in [9.17, 15) is 5.11 Å². The van der Waals surface area contributed by atoms with Crippen LogP contribution in [0.25, 0.3) is 9.88 Å². The number of nitrogens with one attached hydrogen (secondary N) is 1. The molecule has 1 unspecified atom stereocenters. The number of hydrogen-bond acceptors (Lipinski definition) is 5. The van der Waals surface area contributed by atoms with Crippen molar-refractivity contribution in [2.24, 2.45) is 0 Å². The van der Waals surface area contributed by atoms with Crippen molar-refractivity contribution >= 4 is 22.7 Å². The summed E-state index contributed by atoms with van der Waals surface area (Å²) in [6, 6.07) is 12.5. The maximum Gasteiger partial charge on any atom is 0.133 e. The van der Waals surface area contributed by atoms with Gasteiger partial charge in [-0.1, -0.05) is 37.3 Å². The highest BCUT2D eigenvalue weighted by molar-refractivity contribution is 7.20. The summed E-state index contributed by atoms with van der Waals surface area (Å²) in [5.74, 6) is 0. The Bertz CT molecular complexity index is 720. The third-order valence-electron chi connectivity index (χ3n) is 3.78. The van der Waals surface area contributed by atoms with Gasteiger partial charge in [0.25, 0.3) is 0 Å². The SMILES string of the molecule is CCc1ccc(C(CO)NCc2cnc(-c3cccs3)s2)cc1. The van der Waals surface area contributed by atoms with E-state index < -0.39 is 0 Å². The average molecular weight is 345 g/mol. The lowest BCUT2D eigenvalue weighted by atomic mass is 10.0. The summed E-state index contributed by atoms with van der Waals surface area (Å²) < 4.78 is 0. The van der Waals surface area contributed by atoms with Gasteiger partial charge in [-0.25, -0.2) is 4.98 Å². The zero-order valence-electron chi connectivity index (χ0n) is 13.0. The molecule has 0 amide bonds. The molecule has 0 spiro atoms. The first-order chi connectivity index (χ1) is 11.3. The molecule has 2 heterocycles. The topological polar surface area (TPSA) is 45.1 Å². The number of nitrogens with zero attached hydrogens (tertiary/aromatic N) is 1. The van der Waals surface area contributed by atoms with Crippen LogP contribution in [0.5, 0.6) is 0 Å². The highest BCUT2D eigenvalue weighted by atomic mass is 32.1. The van der Waals surface area contributed by atoms with E-state index in [1.165, 1.54) is 15.3 Å². The lowest BCUT2D eigenvalue weighted by Crippen LogP contribution is -2.23. The fraction of sp³-hybridized carbons (Fsp3) is 0.278. The van der Waals surface area contributed by atoms with Crippen LogP contribution in [-0.2, 0) is 13.0 Å². The molecule has 0 saturated heterocycles. The van der Waals surface area contributed by atoms with E-state index in [0.29, 0.717) is 6.54 Å². The van der Waals surface area contributed by atoms with Crippen LogP contribution in [0.15, 0.2) is 48.0 Å². The second-order valence-electron chi connectivity index (χ2n) is 5.32. The molecule has 1 aromatic carbocycles. The zero-order valence-corrected chi connectivity index (χ0v) is 14.7. The minimum absolute atomic E-state index is 0.0480. The lowest BCUT2D eigenvalue weighted by Gasteiger charge is -2.16. The Morgan fingerprint density at radius 1 is 1.22 bits per heavy atom. The number of thiazole rings is 1. The number of thiophene rings is 1. The van der Waals surface area contributed by atoms with Crippen LogP contribution < -0.4 is 5.32 Å². The molecule has 3 rings (SSSR count). The van der Waals surface area contributed by atoms with E-state index >= 15 is 0 Å². The molecule has 0 aliphatic rings. The van der Waals surface area contributed by atoms with Crippen LogP contribution in [0.2, 0.25) is 0 Å². The van der Waals surface area contributed by atoms with E-state index in [0.717, 1.165) is 17.0 Å². The molecule has 0 bridgehead atoms. The van der Waals surface area contributed by atoms with Crippen molar-refractivity contribution in [1.29, 1.82) is 0 Å². The van der Waals surface area contributed by atoms with Gasteiger partial charge >= 0.3 is 0 Å². The highest BCUT2D eigenvalue weighted by Gasteiger charge is 2.11. The Balaban J connectivity index is 1.63. The maximum absolute atomic E-state index is 9.67. The molecule has 0 aliphatic heterocycles. The van der Waals surface area contributed by atoms with Crippen LogP contribution in [0.4, 0.5) is 0 Å². The largest absolute Gasteiger partial charge is 0.394 e. The number of benzene rings is 1. The second-order valence-corrected chi connectivity index (χ2v) is 7.38. The molecule has 0 radical (unpaired) electrons. The van der Waals surface area contributed by atoms with Crippen LogP contribution in [-0.4, -0.2) is 16.7 Å². The quantitative estimate of drug-likeness (QED) is 0.673. The normalized spacial score (nSPS) is 12.4. The lowest BCUT2D eigenvalue weighted by molar-refractivity contribution is 0.244. The van der Waals surface area contributed by atoms with Crippen LogP contribution in [0.3, 0.4) is 0 Å². The number of rotatable bonds is 7. The van der Waals surface area contributed by atoms with Crippen molar-refractivity contribution < 1.29 is 5.11 Å². The van der Waals surface area contributed by atoms with E-state index in [4.69, 9.17) is 0 Å². The molecule has 2 N–H and O–H groups in total. The molecule has 2 aromatic heterocycles. The molecule has 3 aromatic rings. The van der Waals surface area contributed by atoms with Gasteiger partial charge in [-0.05, 0) is 29.0 Å². The van der Waals surface area contributed by atoms with Crippen molar-refractivity contribution in [3.63, 3.8) is 0 Å². The Kier molecular flexibility index (Phi) is 5.56. The molecule has 23 heavy (non-hydrogen) atoms. The summed E-state index contributed by atoms with van der Waals surface area (Å²) in [6.45, 7) is 2.94. The summed E-state index contributed by atoms with van der Waals surface area (Å²) >= 11 is 3.41. The zero-order chi connectivity index (χ0) is 16.1. The van der Waals surface area contributed by atoms with Gasteiger partial charge in [0, 0.05) is 17.6 Å². The van der Waals surface area contributed by atoms with Crippen LogP contribution in [0.1, 0.15) is 29.0 Å². The predicted octanol–water partition coefficient (Wildman–Crippen LogP) is 4.26. The number of aryl methyl sites for hydroxylation is 1. The van der Waals surface area contributed by atoms with Gasteiger partial charge in [0.1, 0.15) is 5.01 Å². The van der Waals surface area contributed by atoms with Gasteiger partial charge in [-0.15, -0.1) is 22.7 Å². The molecule has 1 atom stereocenters. The van der Waals surface area contributed by atoms with E-state index in [2.05, 4.69) is 52.9 Å². The molecule has 0 saturated carbocycles. The molecule has 5 heteroatoms. The molecule has 0 aliphatic carbocycles. The van der Waals surface area contributed by atoms with E-state index in [1.54, 1.807) is 22.7 Å². The van der Waals surface area contributed by atoms with Gasteiger partial charge in [0.2, 0.25) is 0 Å². The molecule has 0 fully saturated rings. The first-order valence-electron chi connectivity index (χ1n) is 7.71. The fourth-order valence-electron chi connectivity index (χ4n) is 2.40. The third kappa shape index (κ3) is 4.06. The Hall–Kier alpha value is -1.53. The number of aromatic nitrogens is 1. The second kappa shape index (κ2) is 7.84. The average Bonchev–Trinajstić information content (AvgIpc) is 3.27. The van der Waals surface area contributed by atoms with E-state index in [-0.39, 0.29) is 12.6 Å². The minimum atomic E-state index is -0.0480. The first kappa shape index (κ1) is 16.3. The summed E-state index contributed by atoms with van der Waals surface area (Å²) in [6.07, 6.45) is 2.95. The van der Waals surface area contributed by atoms with Gasteiger partial charge in [0.15, 0.2) is 0 Å². The van der Waals surface area contributed by atoms with E-state index in [1.807, 2.05) is 12.3 Å². The standard InChI is InChI=1S/C18H20N2OS2/c1-2-13-5-7-14(8-6-13)16(12-21)19-10-15-11-20-18(23-15)17-4-3-9-22-17/h3-9,11,16,19,21H,2,10,12H2,1H3. The van der Waals surface area contributed by atoms with Gasteiger partial charge in [-0.2, -0.15) is 0 Å². The fourth-order valence-corrected chi connectivity index (χ4v) is 4.07. The van der Waals surface area contributed by atoms with Crippen molar-refractivity contribution in [3.05, 3.63) is 64.0 Å². The minimum Gasteiger partial charge on any atom is -0.394 e. The van der Waals surface area contributed by atoms with Gasteiger partial charge in [0.05, 0.1) is 17.5 Å². The summed E-state index contributed by atoms with van der Waals surface area (Å²) in [4.78, 5) is 6.87. The molecule has 120 valence electrons. The highest BCUT2D eigenvalue weighted by Crippen LogP contribution is 2.29. The van der Waals surface area contributed by atoms with Gasteiger partial charge in [-0.3, -0.25) is 0 Å². The monoisotopic (exact) mass is 344 g/mol. The van der Waals surface area contributed by atoms with Crippen molar-refractivity contribution in [2.75, 3.05) is 6.61 Å². The summed E-state index contributed by atoms with van der Waals surface area (Å²) in [5, 5.41) is 16.2. The first-order valence-corrected chi connectivity index (χ1v) is 9.41. The molecule has 3 nitrogen and oxygen atoms in total. The number of aliphatic hydroxyl groups excluding tert-OH is 1. The maximum atomic E-state index is 9.67. The Morgan fingerprint density at radius 2 is 2.04 bits per heavy atom. The predicted molar refractivity (Wildman–Crippen MR) is 97.9 cm³/mol. The summed E-state index contributed by atoms with van der Waals surface area (Å²) in [5.41, 5.74) is 2.43. The van der Waals surface area contributed by atoms with Crippen molar-refractivity contribution in [1.82, 2.24) is 10.3 Å². The van der Waals surface area contributed by atoms with Crippen molar-refractivity contribution in [3.8, 4) is 9.88 Å². The molecular weight excluding hydrogens is 324 g/mol. The Morgan fingerprint density at radius 3 is 2.70 bits per heavy atom. The van der Waals surface area contributed by atoms with Crippen LogP contribution >= 0.6 is 22.7 Å². The van der Waals surface area contributed by atoms with Gasteiger partial charge < -0.3 is 10.4 Å². The number of aliphatic hydroxyl groups is 1.